The fourth-order valence-electron chi connectivity index (χ4n) is 12.0. The topological polar surface area (TPSA) is 13.1 Å². The van der Waals surface area contributed by atoms with Crippen LogP contribution in [0, 0.1) is 0 Å². The van der Waals surface area contributed by atoms with Gasteiger partial charge in [0.2, 0.25) is 0 Å². The van der Waals surface area contributed by atoms with Crippen LogP contribution in [0.15, 0.2) is 232 Å². The van der Waals surface area contributed by atoms with E-state index in [4.69, 9.17) is 4.42 Å². The molecule has 0 spiro atoms. The molecular formula is C69H42Br2OS2. The van der Waals surface area contributed by atoms with Crippen molar-refractivity contribution in [2.24, 2.45) is 0 Å². The number of fused-ring (bicyclic) bond motifs is 12. The number of benzene rings is 11. The first-order valence-corrected chi connectivity index (χ1v) is 28.2. The van der Waals surface area contributed by atoms with Gasteiger partial charge in [-0.2, -0.15) is 0 Å². The van der Waals surface area contributed by atoms with Gasteiger partial charge in [0.1, 0.15) is 11.2 Å². The van der Waals surface area contributed by atoms with Gasteiger partial charge in [-0.25, -0.2) is 0 Å². The summed E-state index contributed by atoms with van der Waals surface area (Å²) >= 11 is 11.5. The predicted molar refractivity (Wildman–Crippen MR) is 325 cm³/mol. The number of hydrogen-bond acceptors (Lipinski definition) is 3. The highest BCUT2D eigenvalue weighted by atomic mass is 79.9. The molecule has 1 aliphatic carbocycles. The third-order valence-corrected chi connectivity index (χ3v) is 19.5. The van der Waals surface area contributed by atoms with Gasteiger partial charge in [0.15, 0.2) is 0 Å². The Labute approximate surface area is 453 Å². The molecule has 1 nitrogen and oxygen atoms in total. The van der Waals surface area contributed by atoms with Gasteiger partial charge in [0.05, 0.1) is 0 Å². The number of hydrogen-bond donors (Lipinski definition) is 0. The van der Waals surface area contributed by atoms with Crippen molar-refractivity contribution in [3.05, 3.63) is 238 Å². The smallest absolute Gasteiger partial charge is 0.143 e. The fourth-order valence-corrected chi connectivity index (χ4v) is 15.4. The highest BCUT2D eigenvalue weighted by molar-refractivity contribution is 9.10. The first-order chi connectivity index (χ1) is 36.2. The Kier molecular flexibility index (Phi) is 10.0. The van der Waals surface area contributed by atoms with Crippen LogP contribution < -0.4 is 0 Å². The van der Waals surface area contributed by atoms with Crippen LogP contribution in [0.2, 0.25) is 0 Å². The van der Waals surface area contributed by atoms with Crippen molar-refractivity contribution in [2.45, 2.75) is 19.3 Å². The highest BCUT2D eigenvalue weighted by Gasteiger charge is 2.35. The Hall–Kier alpha value is -7.38. The van der Waals surface area contributed by atoms with Gasteiger partial charge in [0.25, 0.3) is 0 Å². The minimum Gasteiger partial charge on any atom is -0.455 e. The molecule has 3 heterocycles. The standard InChI is InChI=1S/C69H42Br2OS2/c1-69(2)60-21-5-3-11-49(60)50-33-29-43(38-61(50)69)48-15-9-19-55-54-18-8-14-47(66(54)73-67(48)55)42-30-34-62(71)57(35-42)44-36-58(53-17-10-16-52-51-12-4-6-22-63(51)72-64(52)53)68-59(37-44)56-20-7-13-46(65(56)74-68)41-25-23-39(24-26-41)40-27-31-45(70)32-28-40/h3-38H,1-2H3. The average molecular weight is 1110 g/mol. The third kappa shape index (κ3) is 6.77. The SMILES string of the molecule is CC1(C)c2ccccc2-c2ccc(-c3cccc4c3sc3c(-c5ccc(Br)c(-c6cc(-c7cccc8c7oc7ccccc78)c7sc8c(-c9ccc(-c%10ccc(Br)cc%10)cc9)cccc8c7c6)c5)cccc34)cc21. The monoisotopic (exact) mass is 1110 g/mol. The Bertz CT molecular complexity index is 4650. The van der Waals surface area contributed by atoms with Crippen molar-refractivity contribution in [1.82, 2.24) is 0 Å². The molecule has 0 saturated carbocycles. The Balaban J connectivity index is 0.896. The maximum absolute atomic E-state index is 6.79. The van der Waals surface area contributed by atoms with Crippen LogP contribution in [0.3, 0.4) is 0 Å². The van der Waals surface area contributed by atoms with E-state index in [0.717, 1.165) is 53.1 Å². The summed E-state index contributed by atoms with van der Waals surface area (Å²) in [5.41, 5.74) is 21.6. The molecule has 0 bridgehead atoms. The van der Waals surface area contributed by atoms with Gasteiger partial charge in [-0.05, 0) is 126 Å². The second-order valence-corrected chi connectivity index (χ2v) is 24.0. The molecule has 0 saturated heterocycles. The summed E-state index contributed by atoms with van der Waals surface area (Å²) in [6.45, 7) is 4.73. The summed E-state index contributed by atoms with van der Waals surface area (Å²) in [4.78, 5) is 0. The third-order valence-electron chi connectivity index (χ3n) is 15.7. The molecule has 0 radical (unpaired) electrons. The zero-order chi connectivity index (χ0) is 49.4. The van der Waals surface area contributed by atoms with E-state index in [1.165, 1.54) is 107 Å². The molecule has 0 N–H and O–H groups in total. The van der Waals surface area contributed by atoms with Crippen LogP contribution in [-0.2, 0) is 5.41 Å². The van der Waals surface area contributed by atoms with E-state index < -0.39 is 0 Å². The first kappa shape index (κ1) is 44.1. The molecule has 14 aromatic rings. The largest absolute Gasteiger partial charge is 0.455 e. The minimum absolute atomic E-state index is 0.0672. The van der Waals surface area contributed by atoms with E-state index in [2.05, 4.69) is 264 Å². The van der Waals surface area contributed by atoms with Crippen molar-refractivity contribution in [2.75, 3.05) is 0 Å². The molecule has 1 aliphatic rings. The average Bonchev–Trinajstić information content (AvgIpc) is 4.19. The lowest BCUT2D eigenvalue weighted by molar-refractivity contribution is 0.660. The molecule has 3 aromatic heterocycles. The van der Waals surface area contributed by atoms with Gasteiger partial charge in [-0.1, -0.05) is 216 Å². The van der Waals surface area contributed by atoms with Crippen LogP contribution in [0.5, 0.6) is 0 Å². The van der Waals surface area contributed by atoms with Gasteiger partial charge in [-0.15, -0.1) is 22.7 Å². The number of halogens is 2. The summed E-state index contributed by atoms with van der Waals surface area (Å²) < 4.78 is 14.0. The molecule has 11 aromatic carbocycles. The summed E-state index contributed by atoms with van der Waals surface area (Å²) in [6.07, 6.45) is 0. The maximum atomic E-state index is 6.79. The number of para-hydroxylation sites is 2. The van der Waals surface area contributed by atoms with Gasteiger partial charge < -0.3 is 4.42 Å². The number of thiophene rings is 2. The summed E-state index contributed by atoms with van der Waals surface area (Å²) in [5.74, 6) is 0. The normalized spacial score (nSPS) is 13.0. The van der Waals surface area contributed by atoms with E-state index in [-0.39, 0.29) is 5.41 Å². The lowest BCUT2D eigenvalue weighted by Gasteiger charge is -2.22. The molecular weight excluding hydrogens is 1070 g/mol. The van der Waals surface area contributed by atoms with Gasteiger partial charge >= 0.3 is 0 Å². The zero-order valence-corrected chi connectivity index (χ0v) is 45.1. The van der Waals surface area contributed by atoms with E-state index in [1.807, 2.05) is 22.7 Å². The maximum Gasteiger partial charge on any atom is 0.143 e. The van der Waals surface area contributed by atoms with E-state index in [1.54, 1.807) is 0 Å². The van der Waals surface area contributed by atoms with Crippen LogP contribution >= 0.6 is 54.5 Å². The number of furan rings is 1. The Morgan fingerprint density at radius 3 is 1.53 bits per heavy atom. The van der Waals surface area contributed by atoms with Crippen LogP contribution in [0.1, 0.15) is 25.0 Å². The Morgan fingerprint density at radius 1 is 0.324 bits per heavy atom. The van der Waals surface area contributed by atoms with Crippen molar-refractivity contribution < 1.29 is 4.42 Å². The zero-order valence-electron chi connectivity index (χ0n) is 40.3. The van der Waals surface area contributed by atoms with Crippen LogP contribution in [0.25, 0.3) is 140 Å². The summed E-state index contributed by atoms with van der Waals surface area (Å²) in [5, 5.41) is 7.31. The fraction of sp³-hybridized carbons (Fsp3) is 0.0435. The molecule has 0 unspecified atom stereocenters. The van der Waals surface area contributed by atoms with Crippen molar-refractivity contribution >= 4 is 117 Å². The summed E-state index contributed by atoms with van der Waals surface area (Å²) in [7, 11) is 0. The van der Waals surface area contributed by atoms with Crippen molar-refractivity contribution in [3.8, 4) is 77.9 Å². The number of rotatable bonds is 6. The second-order valence-electron chi connectivity index (χ2n) is 20.1. The van der Waals surface area contributed by atoms with Gasteiger partial charge in [-0.3, -0.25) is 0 Å². The quantitative estimate of drug-likeness (QED) is 0.162. The molecule has 0 atom stereocenters. The predicted octanol–water partition coefficient (Wildman–Crippen LogP) is 22.2. The minimum atomic E-state index is -0.0672. The van der Waals surface area contributed by atoms with Gasteiger partial charge in [0, 0.05) is 76.6 Å². The van der Waals surface area contributed by atoms with Crippen molar-refractivity contribution in [1.29, 1.82) is 0 Å². The van der Waals surface area contributed by atoms with E-state index in [9.17, 15) is 0 Å². The first-order valence-electron chi connectivity index (χ1n) is 25.0. The molecule has 15 rings (SSSR count). The van der Waals surface area contributed by atoms with Crippen LogP contribution in [0.4, 0.5) is 0 Å². The molecule has 350 valence electrons. The lowest BCUT2D eigenvalue weighted by Crippen LogP contribution is -2.14. The van der Waals surface area contributed by atoms with E-state index in [0.29, 0.717) is 0 Å². The summed E-state index contributed by atoms with van der Waals surface area (Å²) in [6, 6.07) is 80.8. The van der Waals surface area contributed by atoms with E-state index >= 15 is 0 Å². The lowest BCUT2D eigenvalue weighted by atomic mass is 9.81. The molecule has 5 heteroatoms. The molecule has 0 aliphatic heterocycles. The molecule has 0 fully saturated rings. The Morgan fingerprint density at radius 2 is 0.811 bits per heavy atom. The molecule has 0 amide bonds. The van der Waals surface area contributed by atoms with Crippen molar-refractivity contribution in [3.63, 3.8) is 0 Å². The molecule has 74 heavy (non-hydrogen) atoms. The second kappa shape index (κ2) is 16.8. The van der Waals surface area contributed by atoms with Crippen LogP contribution in [-0.4, -0.2) is 0 Å². The highest BCUT2D eigenvalue weighted by Crippen LogP contribution is 2.53.